The first kappa shape index (κ1) is 16.4. The minimum absolute atomic E-state index is 0.000331. The molecule has 19 heavy (non-hydrogen) atoms. The topological polar surface area (TPSA) is 53.6 Å². The van der Waals surface area contributed by atoms with Gasteiger partial charge in [0.05, 0.1) is 12.7 Å². The number of nitrogens with one attached hydrogen (secondary N) is 2. The fraction of sp³-hybridized carbons (Fsp3) is 0.929. The molecule has 0 radical (unpaired) electrons. The van der Waals surface area contributed by atoms with E-state index in [2.05, 4.69) is 29.4 Å². The number of carbonyl (C=O) groups excluding carboxylic acids is 1. The zero-order chi connectivity index (χ0) is 14.3. The van der Waals surface area contributed by atoms with E-state index in [-0.39, 0.29) is 17.9 Å². The summed E-state index contributed by atoms with van der Waals surface area (Å²) in [6.07, 6.45) is 0.123. The molecule has 1 aliphatic rings. The number of amides is 1. The second-order valence-corrected chi connectivity index (χ2v) is 5.85. The highest BCUT2D eigenvalue weighted by Crippen LogP contribution is 2.07. The first-order valence-corrected chi connectivity index (χ1v) is 7.29. The molecule has 1 amide bonds. The molecule has 0 aromatic rings. The minimum Gasteiger partial charge on any atom is -0.374 e. The van der Waals surface area contributed by atoms with Gasteiger partial charge in [0, 0.05) is 38.6 Å². The average molecular weight is 271 g/mol. The molecule has 1 heterocycles. The van der Waals surface area contributed by atoms with Crippen LogP contribution in [0.2, 0.25) is 0 Å². The van der Waals surface area contributed by atoms with Crippen molar-refractivity contribution in [2.75, 3.05) is 46.4 Å². The van der Waals surface area contributed by atoms with Crippen molar-refractivity contribution in [3.8, 4) is 0 Å². The quantitative estimate of drug-likeness (QED) is 0.700. The molecular formula is C14H29N3O2. The van der Waals surface area contributed by atoms with Crippen LogP contribution in [0.4, 0.5) is 0 Å². The van der Waals surface area contributed by atoms with Crippen LogP contribution in [0.25, 0.3) is 0 Å². The Hall–Kier alpha value is -0.650. The molecule has 1 saturated heterocycles. The van der Waals surface area contributed by atoms with E-state index in [1.807, 2.05) is 14.0 Å². The molecule has 1 rings (SSSR count). The maximum atomic E-state index is 11.8. The molecule has 2 atom stereocenters. The summed E-state index contributed by atoms with van der Waals surface area (Å²) < 4.78 is 5.71. The van der Waals surface area contributed by atoms with Gasteiger partial charge in [-0.1, -0.05) is 20.8 Å². The van der Waals surface area contributed by atoms with Crippen LogP contribution in [0.3, 0.4) is 0 Å². The van der Waals surface area contributed by atoms with Crippen molar-refractivity contribution in [2.24, 2.45) is 11.8 Å². The predicted molar refractivity (Wildman–Crippen MR) is 77.1 cm³/mol. The normalized spacial score (nSPS) is 22.5. The Morgan fingerprint density at radius 3 is 2.79 bits per heavy atom. The highest BCUT2D eigenvalue weighted by Gasteiger charge is 2.22. The molecule has 2 N–H and O–H groups in total. The van der Waals surface area contributed by atoms with Crippen molar-refractivity contribution in [1.29, 1.82) is 0 Å². The van der Waals surface area contributed by atoms with E-state index >= 15 is 0 Å². The first-order valence-electron chi connectivity index (χ1n) is 7.29. The van der Waals surface area contributed by atoms with Crippen LogP contribution in [0.15, 0.2) is 0 Å². The smallest absolute Gasteiger partial charge is 0.224 e. The Balaban J connectivity index is 2.26. The van der Waals surface area contributed by atoms with E-state index in [4.69, 9.17) is 4.74 Å². The molecule has 0 saturated carbocycles. The van der Waals surface area contributed by atoms with E-state index in [9.17, 15) is 4.79 Å². The number of ether oxygens (including phenoxy) is 1. The van der Waals surface area contributed by atoms with Crippen molar-refractivity contribution < 1.29 is 9.53 Å². The molecule has 5 nitrogen and oxygen atoms in total. The van der Waals surface area contributed by atoms with Crippen LogP contribution in [0, 0.1) is 11.8 Å². The van der Waals surface area contributed by atoms with Crippen molar-refractivity contribution >= 4 is 5.91 Å². The third-order valence-electron chi connectivity index (χ3n) is 3.31. The van der Waals surface area contributed by atoms with Gasteiger partial charge in [0.1, 0.15) is 0 Å². The van der Waals surface area contributed by atoms with Crippen LogP contribution in [0.1, 0.15) is 20.8 Å². The van der Waals surface area contributed by atoms with E-state index in [0.29, 0.717) is 19.0 Å². The number of rotatable bonds is 7. The number of hydrogen-bond donors (Lipinski definition) is 2. The largest absolute Gasteiger partial charge is 0.374 e. The summed E-state index contributed by atoms with van der Waals surface area (Å²) >= 11 is 0. The van der Waals surface area contributed by atoms with Gasteiger partial charge in [-0.3, -0.25) is 9.69 Å². The van der Waals surface area contributed by atoms with Crippen molar-refractivity contribution in [2.45, 2.75) is 26.9 Å². The maximum Gasteiger partial charge on any atom is 0.224 e. The average Bonchev–Trinajstić information content (AvgIpc) is 2.36. The zero-order valence-corrected chi connectivity index (χ0v) is 12.7. The molecule has 1 aliphatic heterocycles. The second-order valence-electron chi connectivity index (χ2n) is 5.85. The van der Waals surface area contributed by atoms with Gasteiger partial charge in [-0.15, -0.1) is 0 Å². The Morgan fingerprint density at radius 2 is 2.16 bits per heavy atom. The summed E-state index contributed by atoms with van der Waals surface area (Å²) in [5.41, 5.74) is 0. The van der Waals surface area contributed by atoms with Crippen LogP contribution >= 0.6 is 0 Å². The highest BCUT2D eigenvalue weighted by molar-refractivity contribution is 5.78. The SMILES string of the molecule is CNCC(C)C(=O)NCC1CN(CC(C)C)CCO1. The fourth-order valence-corrected chi connectivity index (χ4v) is 2.37. The molecule has 0 aromatic carbocycles. The molecule has 0 bridgehead atoms. The fourth-order valence-electron chi connectivity index (χ4n) is 2.37. The lowest BCUT2D eigenvalue weighted by atomic mass is 10.1. The van der Waals surface area contributed by atoms with E-state index in [1.165, 1.54) is 0 Å². The molecular weight excluding hydrogens is 242 g/mol. The zero-order valence-electron chi connectivity index (χ0n) is 12.7. The van der Waals surface area contributed by atoms with Gasteiger partial charge < -0.3 is 15.4 Å². The summed E-state index contributed by atoms with van der Waals surface area (Å²) in [5.74, 6) is 0.767. The summed E-state index contributed by atoms with van der Waals surface area (Å²) in [6, 6.07) is 0. The van der Waals surface area contributed by atoms with Crippen molar-refractivity contribution in [3.05, 3.63) is 0 Å². The van der Waals surface area contributed by atoms with E-state index < -0.39 is 0 Å². The summed E-state index contributed by atoms with van der Waals surface area (Å²) in [6.45, 7) is 11.5. The van der Waals surface area contributed by atoms with Crippen molar-refractivity contribution in [3.63, 3.8) is 0 Å². The third kappa shape index (κ3) is 6.36. The third-order valence-corrected chi connectivity index (χ3v) is 3.31. The number of hydrogen-bond acceptors (Lipinski definition) is 4. The van der Waals surface area contributed by atoms with Crippen LogP contribution in [-0.2, 0) is 9.53 Å². The van der Waals surface area contributed by atoms with Crippen LogP contribution < -0.4 is 10.6 Å². The van der Waals surface area contributed by atoms with Gasteiger partial charge in [-0.2, -0.15) is 0 Å². The lowest BCUT2D eigenvalue weighted by Crippen LogP contribution is -2.49. The number of carbonyl (C=O) groups is 1. The molecule has 5 heteroatoms. The maximum absolute atomic E-state index is 11.8. The van der Waals surface area contributed by atoms with Crippen molar-refractivity contribution in [1.82, 2.24) is 15.5 Å². The lowest BCUT2D eigenvalue weighted by molar-refractivity contribution is -0.125. The lowest BCUT2D eigenvalue weighted by Gasteiger charge is -2.34. The monoisotopic (exact) mass is 271 g/mol. The first-order chi connectivity index (χ1) is 9.02. The summed E-state index contributed by atoms with van der Waals surface area (Å²) in [4.78, 5) is 14.2. The molecule has 0 aromatic heterocycles. The standard InChI is InChI=1S/C14H29N3O2/c1-11(2)9-17-5-6-19-13(10-17)8-16-14(18)12(3)7-15-4/h11-13,15H,5-10H2,1-4H3,(H,16,18). The Bertz CT molecular complexity index is 271. The van der Waals surface area contributed by atoms with Gasteiger partial charge >= 0.3 is 0 Å². The van der Waals surface area contributed by atoms with Gasteiger partial charge in [-0.05, 0) is 13.0 Å². The minimum atomic E-state index is 0.000331. The Morgan fingerprint density at radius 1 is 1.42 bits per heavy atom. The highest BCUT2D eigenvalue weighted by atomic mass is 16.5. The van der Waals surface area contributed by atoms with Gasteiger partial charge in [0.15, 0.2) is 0 Å². The predicted octanol–water partition coefficient (Wildman–Crippen LogP) is 0.315. The van der Waals surface area contributed by atoms with E-state index in [1.54, 1.807) is 0 Å². The summed E-state index contributed by atoms with van der Waals surface area (Å²) in [7, 11) is 1.86. The molecule has 2 unspecified atom stereocenters. The molecule has 112 valence electrons. The number of morpholine rings is 1. The number of nitrogens with zero attached hydrogens (tertiary/aromatic N) is 1. The van der Waals surface area contributed by atoms with Gasteiger partial charge in [-0.25, -0.2) is 0 Å². The molecule has 0 spiro atoms. The Labute approximate surface area is 117 Å². The van der Waals surface area contributed by atoms with E-state index in [0.717, 1.165) is 26.2 Å². The molecule has 0 aliphatic carbocycles. The summed E-state index contributed by atoms with van der Waals surface area (Å²) in [5, 5.41) is 5.99. The second kappa shape index (κ2) is 8.51. The van der Waals surface area contributed by atoms with Crippen LogP contribution in [-0.4, -0.2) is 63.3 Å². The Kier molecular flexibility index (Phi) is 7.34. The van der Waals surface area contributed by atoms with Crippen LogP contribution in [0.5, 0.6) is 0 Å². The molecule has 1 fully saturated rings. The van der Waals surface area contributed by atoms with Gasteiger partial charge in [0.25, 0.3) is 0 Å². The van der Waals surface area contributed by atoms with Gasteiger partial charge in [0.2, 0.25) is 5.91 Å².